The van der Waals surface area contributed by atoms with Crippen LogP contribution < -0.4 is 10.6 Å². The lowest BCUT2D eigenvalue weighted by Gasteiger charge is -2.37. The van der Waals surface area contributed by atoms with Crippen LogP contribution in [0.15, 0.2) is 29.3 Å². The van der Waals surface area contributed by atoms with Gasteiger partial charge in [-0.15, -0.1) is 24.0 Å². The number of piperidine rings is 1. The predicted molar refractivity (Wildman–Crippen MR) is 122 cm³/mol. The molecule has 0 aromatic heterocycles. The van der Waals surface area contributed by atoms with Crippen molar-refractivity contribution in [2.75, 3.05) is 57.3 Å². The number of nitrogens with two attached hydrogens (primary N) is 1. The molecule has 0 spiro atoms. The van der Waals surface area contributed by atoms with Crippen LogP contribution in [0.4, 0.5) is 10.1 Å². The molecule has 2 saturated heterocycles. The van der Waals surface area contributed by atoms with Crippen molar-refractivity contribution in [3.05, 3.63) is 30.1 Å². The molecule has 0 aliphatic carbocycles. The molecular formula is C20H33FIN5. The van der Waals surface area contributed by atoms with Crippen molar-refractivity contribution in [2.45, 2.75) is 26.2 Å². The van der Waals surface area contributed by atoms with Crippen LogP contribution in [0.2, 0.25) is 0 Å². The van der Waals surface area contributed by atoms with Gasteiger partial charge in [0.2, 0.25) is 0 Å². The summed E-state index contributed by atoms with van der Waals surface area (Å²) in [5.41, 5.74) is 7.31. The fourth-order valence-electron chi connectivity index (χ4n) is 3.88. The first-order valence-corrected chi connectivity index (χ1v) is 9.93. The minimum atomic E-state index is -0.190. The molecule has 5 nitrogen and oxygen atoms in total. The van der Waals surface area contributed by atoms with E-state index in [1.165, 1.54) is 51.0 Å². The SMILES string of the molecule is CCCN1CCC(CN=C(N)N2CCN(c3ccc(F)cc3)CC2)CC1.I. The van der Waals surface area contributed by atoms with E-state index in [2.05, 4.69) is 26.6 Å². The highest BCUT2D eigenvalue weighted by Crippen LogP contribution is 2.19. The lowest BCUT2D eigenvalue weighted by atomic mass is 9.97. The van der Waals surface area contributed by atoms with Crippen molar-refractivity contribution in [1.29, 1.82) is 0 Å². The number of piperazine rings is 1. The molecule has 0 unspecified atom stereocenters. The molecule has 1 aromatic rings. The second-order valence-corrected chi connectivity index (χ2v) is 7.43. The number of likely N-dealkylation sites (tertiary alicyclic amines) is 1. The van der Waals surface area contributed by atoms with Gasteiger partial charge in [-0.05, 0) is 69.1 Å². The van der Waals surface area contributed by atoms with Crippen molar-refractivity contribution in [3.8, 4) is 0 Å². The number of aliphatic imine (C=N–C) groups is 1. The topological polar surface area (TPSA) is 48.1 Å². The summed E-state index contributed by atoms with van der Waals surface area (Å²) in [5.74, 6) is 1.16. The molecule has 2 aliphatic rings. The molecule has 27 heavy (non-hydrogen) atoms. The van der Waals surface area contributed by atoms with Gasteiger partial charge in [0.05, 0.1) is 0 Å². The molecular weight excluding hydrogens is 456 g/mol. The number of guanidine groups is 1. The fraction of sp³-hybridized carbons (Fsp3) is 0.650. The summed E-state index contributed by atoms with van der Waals surface area (Å²) in [4.78, 5) is 11.7. The van der Waals surface area contributed by atoms with Crippen LogP contribution in [0.5, 0.6) is 0 Å². The third-order valence-corrected chi connectivity index (χ3v) is 5.55. The molecule has 152 valence electrons. The summed E-state index contributed by atoms with van der Waals surface area (Å²) in [6.07, 6.45) is 3.70. The maximum Gasteiger partial charge on any atom is 0.191 e. The van der Waals surface area contributed by atoms with Crippen LogP contribution in [-0.4, -0.2) is 68.1 Å². The number of anilines is 1. The van der Waals surface area contributed by atoms with Crippen molar-refractivity contribution in [1.82, 2.24) is 9.80 Å². The second-order valence-electron chi connectivity index (χ2n) is 7.43. The third-order valence-electron chi connectivity index (χ3n) is 5.55. The summed E-state index contributed by atoms with van der Waals surface area (Å²) < 4.78 is 13.1. The van der Waals surface area contributed by atoms with E-state index in [1.54, 1.807) is 0 Å². The minimum Gasteiger partial charge on any atom is -0.370 e. The monoisotopic (exact) mass is 489 g/mol. The Bertz CT molecular complexity index is 579. The third kappa shape index (κ3) is 6.48. The summed E-state index contributed by atoms with van der Waals surface area (Å²) in [6.45, 7) is 10.2. The zero-order chi connectivity index (χ0) is 18.4. The molecule has 0 amide bonds. The van der Waals surface area contributed by atoms with E-state index >= 15 is 0 Å². The molecule has 7 heteroatoms. The molecule has 0 radical (unpaired) electrons. The lowest BCUT2D eigenvalue weighted by Crippen LogP contribution is -2.51. The van der Waals surface area contributed by atoms with Crippen LogP contribution >= 0.6 is 24.0 Å². The number of hydrogen-bond acceptors (Lipinski definition) is 3. The summed E-state index contributed by atoms with van der Waals surface area (Å²) >= 11 is 0. The van der Waals surface area contributed by atoms with Crippen LogP contribution in [0, 0.1) is 11.7 Å². The van der Waals surface area contributed by atoms with Crippen LogP contribution in [-0.2, 0) is 0 Å². The zero-order valence-electron chi connectivity index (χ0n) is 16.3. The van der Waals surface area contributed by atoms with E-state index in [-0.39, 0.29) is 29.8 Å². The van der Waals surface area contributed by atoms with E-state index in [0.29, 0.717) is 11.9 Å². The first-order valence-electron chi connectivity index (χ1n) is 9.93. The van der Waals surface area contributed by atoms with Crippen LogP contribution in [0.3, 0.4) is 0 Å². The highest BCUT2D eigenvalue weighted by atomic mass is 127. The van der Waals surface area contributed by atoms with Gasteiger partial charge in [-0.1, -0.05) is 6.92 Å². The highest BCUT2D eigenvalue weighted by molar-refractivity contribution is 14.0. The van der Waals surface area contributed by atoms with Crippen molar-refractivity contribution >= 4 is 35.6 Å². The smallest absolute Gasteiger partial charge is 0.191 e. The van der Waals surface area contributed by atoms with Crippen molar-refractivity contribution in [3.63, 3.8) is 0 Å². The van der Waals surface area contributed by atoms with E-state index in [0.717, 1.165) is 38.4 Å². The van der Waals surface area contributed by atoms with Gasteiger partial charge in [0.15, 0.2) is 5.96 Å². The molecule has 2 aliphatic heterocycles. The molecule has 0 bridgehead atoms. The summed E-state index contributed by atoms with van der Waals surface area (Å²) in [5, 5.41) is 0. The Morgan fingerprint density at radius 2 is 1.70 bits per heavy atom. The maximum atomic E-state index is 13.1. The Hall–Kier alpha value is -1.09. The van der Waals surface area contributed by atoms with E-state index < -0.39 is 0 Å². The van der Waals surface area contributed by atoms with Gasteiger partial charge >= 0.3 is 0 Å². The molecule has 0 atom stereocenters. The normalized spacial score (nSPS) is 19.9. The zero-order valence-corrected chi connectivity index (χ0v) is 18.6. The molecule has 3 rings (SSSR count). The Kier molecular flexibility index (Phi) is 9.08. The minimum absolute atomic E-state index is 0. The summed E-state index contributed by atoms with van der Waals surface area (Å²) in [6, 6.07) is 6.72. The maximum absolute atomic E-state index is 13.1. The first-order chi connectivity index (χ1) is 12.7. The Morgan fingerprint density at radius 3 is 2.30 bits per heavy atom. The van der Waals surface area contributed by atoms with Gasteiger partial charge in [0, 0.05) is 38.4 Å². The van der Waals surface area contributed by atoms with Gasteiger partial charge in [0.25, 0.3) is 0 Å². The average molecular weight is 489 g/mol. The predicted octanol–water partition coefficient (Wildman–Crippen LogP) is 3.00. The Balaban J connectivity index is 0.00000261. The molecule has 0 saturated carbocycles. The van der Waals surface area contributed by atoms with Gasteiger partial charge in [-0.25, -0.2) is 4.39 Å². The van der Waals surface area contributed by atoms with Crippen molar-refractivity contribution in [2.24, 2.45) is 16.6 Å². The fourth-order valence-corrected chi connectivity index (χ4v) is 3.88. The first kappa shape index (κ1) is 22.2. The van der Waals surface area contributed by atoms with Crippen LogP contribution in [0.1, 0.15) is 26.2 Å². The van der Waals surface area contributed by atoms with Crippen LogP contribution in [0.25, 0.3) is 0 Å². The van der Waals surface area contributed by atoms with Crippen molar-refractivity contribution < 1.29 is 4.39 Å². The average Bonchev–Trinajstić information content (AvgIpc) is 2.68. The van der Waals surface area contributed by atoms with Gasteiger partial charge in [-0.2, -0.15) is 0 Å². The van der Waals surface area contributed by atoms with E-state index in [9.17, 15) is 4.39 Å². The van der Waals surface area contributed by atoms with Gasteiger partial charge in [0.1, 0.15) is 5.82 Å². The molecule has 2 fully saturated rings. The number of hydrogen-bond donors (Lipinski definition) is 1. The standard InChI is InChI=1S/C20H32FN5.HI/c1-2-9-24-10-7-17(8-11-24)16-23-20(22)26-14-12-25(13-15-26)19-5-3-18(21)4-6-19;/h3-6,17H,2,7-16H2,1H3,(H2,22,23);1H. The molecule has 2 heterocycles. The summed E-state index contributed by atoms with van der Waals surface area (Å²) in [7, 11) is 0. The number of halogens is 2. The van der Waals surface area contributed by atoms with E-state index in [1.807, 2.05) is 12.1 Å². The van der Waals surface area contributed by atoms with E-state index in [4.69, 9.17) is 5.73 Å². The largest absolute Gasteiger partial charge is 0.370 e. The van der Waals surface area contributed by atoms with Gasteiger partial charge in [-0.3, -0.25) is 4.99 Å². The second kappa shape index (κ2) is 11.0. The quantitative estimate of drug-likeness (QED) is 0.393. The number of nitrogens with zero attached hydrogens (tertiary/aromatic N) is 4. The highest BCUT2D eigenvalue weighted by Gasteiger charge is 2.21. The number of rotatable bonds is 5. The van der Waals surface area contributed by atoms with Gasteiger partial charge < -0.3 is 20.4 Å². The Labute approximate surface area is 179 Å². The molecule has 2 N–H and O–H groups in total. The Morgan fingerprint density at radius 1 is 1.07 bits per heavy atom. The number of benzene rings is 1. The lowest BCUT2D eigenvalue weighted by molar-refractivity contribution is 0.188. The molecule has 1 aromatic carbocycles.